The molecule has 126 valence electrons. The number of hydrogen-bond acceptors (Lipinski definition) is 2. The highest BCUT2D eigenvalue weighted by molar-refractivity contribution is 6.42. The standard InChI is InChI=1S/C19H24Cl2O2/c1-2-3-4-9-22-12-16-15(11-14-6-8-19(16)23-14)13-5-7-17(20)18(21)10-13/h2,5,7,10,14-16,19H,1,3-4,6,8-9,11-12H2/t14?,15-,16-,19?/m0/s1. The molecule has 2 heterocycles. The molecule has 0 amide bonds. The molecule has 2 fully saturated rings. The van der Waals surface area contributed by atoms with Crippen LogP contribution in [0.3, 0.4) is 0 Å². The zero-order chi connectivity index (χ0) is 16.2. The number of benzene rings is 1. The number of rotatable bonds is 7. The Labute approximate surface area is 148 Å². The number of hydrogen-bond donors (Lipinski definition) is 0. The molecule has 0 aromatic heterocycles. The van der Waals surface area contributed by atoms with E-state index in [9.17, 15) is 0 Å². The molecule has 2 saturated heterocycles. The van der Waals surface area contributed by atoms with Crippen molar-refractivity contribution in [1.82, 2.24) is 0 Å². The lowest BCUT2D eigenvalue weighted by molar-refractivity contribution is -0.0705. The third-order valence-electron chi connectivity index (χ3n) is 5.03. The van der Waals surface area contributed by atoms with Gasteiger partial charge in [-0.1, -0.05) is 35.3 Å². The van der Waals surface area contributed by atoms with Gasteiger partial charge in [0.15, 0.2) is 0 Å². The predicted octanol–water partition coefficient (Wildman–Crippen LogP) is 5.63. The van der Waals surface area contributed by atoms with E-state index in [4.69, 9.17) is 32.7 Å². The van der Waals surface area contributed by atoms with Gasteiger partial charge in [-0.05, 0) is 55.7 Å². The molecule has 2 unspecified atom stereocenters. The van der Waals surface area contributed by atoms with Gasteiger partial charge >= 0.3 is 0 Å². The molecular formula is C19H24Cl2O2. The molecule has 2 aliphatic rings. The van der Waals surface area contributed by atoms with Gasteiger partial charge in [0.25, 0.3) is 0 Å². The van der Waals surface area contributed by atoms with Crippen molar-refractivity contribution in [3.63, 3.8) is 0 Å². The van der Waals surface area contributed by atoms with Crippen LogP contribution in [0.15, 0.2) is 30.9 Å². The maximum absolute atomic E-state index is 6.23. The monoisotopic (exact) mass is 354 g/mol. The van der Waals surface area contributed by atoms with Gasteiger partial charge in [-0.15, -0.1) is 6.58 Å². The zero-order valence-electron chi connectivity index (χ0n) is 13.3. The van der Waals surface area contributed by atoms with Crippen molar-refractivity contribution in [2.45, 2.75) is 50.2 Å². The number of halogens is 2. The molecule has 2 nitrogen and oxygen atoms in total. The molecule has 1 aromatic rings. The van der Waals surface area contributed by atoms with Crippen LogP contribution in [-0.2, 0) is 9.47 Å². The Hall–Kier alpha value is -0.540. The van der Waals surface area contributed by atoms with Crippen LogP contribution < -0.4 is 0 Å². The fourth-order valence-electron chi connectivity index (χ4n) is 3.84. The second-order valence-electron chi connectivity index (χ2n) is 6.56. The first-order chi connectivity index (χ1) is 11.2. The third kappa shape index (κ3) is 4.11. The van der Waals surface area contributed by atoms with E-state index >= 15 is 0 Å². The van der Waals surface area contributed by atoms with Crippen molar-refractivity contribution in [3.8, 4) is 0 Å². The first-order valence-corrected chi connectivity index (χ1v) is 9.23. The van der Waals surface area contributed by atoms with Crippen LogP contribution in [0.25, 0.3) is 0 Å². The molecule has 4 atom stereocenters. The first kappa shape index (κ1) is 17.3. The van der Waals surface area contributed by atoms with Crippen LogP contribution in [0.5, 0.6) is 0 Å². The molecule has 0 N–H and O–H groups in total. The molecular weight excluding hydrogens is 331 g/mol. The summed E-state index contributed by atoms with van der Waals surface area (Å²) in [7, 11) is 0. The quantitative estimate of drug-likeness (QED) is 0.466. The maximum Gasteiger partial charge on any atom is 0.0635 e. The molecule has 1 aromatic carbocycles. The van der Waals surface area contributed by atoms with Crippen molar-refractivity contribution in [2.75, 3.05) is 13.2 Å². The average molecular weight is 355 g/mol. The second-order valence-corrected chi connectivity index (χ2v) is 7.37. The SMILES string of the molecule is C=CCCCOC[C@@H]1C2CCC(C[C@H]1c1ccc(Cl)c(Cl)c1)O2. The average Bonchev–Trinajstić information content (AvgIpc) is 2.94. The Bertz CT molecular complexity index is 546. The zero-order valence-corrected chi connectivity index (χ0v) is 14.9. The van der Waals surface area contributed by atoms with E-state index in [-0.39, 0.29) is 0 Å². The Kier molecular flexibility index (Phi) is 6.03. The minimum Gasteiger partial charge on any atom is -0.381 e. The lowest BCUT2D eigenvalue weighted by atomic mass is 9.79. The van der Waals surface area contributed by atoms with Crippen LogP contribution in [0, 0.1) is 5.92 Å². The summed E-state index contributed by atoms with van der Waals surface area (Å²) in [6.07, 6.45) is 8.02. The van der Waals surface area contributed by atoms with Gasteiger partial charge in [0, 0.05) is 12.5 Å². The van der Waals surface area contributed by atoms with Crippen LogP contribution in [0.1, 0.15) is 43.6 Å². The summed E-state index contributed by atoms with van der Waals surface area (Å²) >= 11 is 12.3. The fourth-order valence-corrected chi connectivity index (χ4v) is 4.14. The summed E-state index contributed by atoms with van der Waals surface area (Å²) in [5.41, 5.74) is 1.26. The van der Waals surface area contributed by atoms with E-state index < -0.39 is 0 Å². The number of ether oxygens (including phenoxy) is 2. The van der Waals surface area contributed by atoms with Crippen molar-refractivity contribution < 1.29 is 9.47 Å². The van der Waals surface area contributed by atoms with Crippen LogP contribution in [-0.4, -0.2) is 25.4 Å². The summed E-state index contributed by atoms with van der Waals surface area (Å²) in [6, 6.07) is 6.02. The van der Waals surface area contributed by atoms with E-state index in [1.54, 1.807) is 0 Å². The van der Waals surface area contributed by atoms with Gasteiger partial charge in [0.05, 0.1) is 28.9 Å². The van der Waals surface area contributed by atoms with E-state index in [2.05, 4.69) is 12.6 Å². The topological polar surface area (TPSA) is 18.5 Å². The number of allylic oxidation sites excluding steroid dienone is 1. The Morgan fingerprint density at radius 1 is 1.26 bits per heavy atom. The highest BCUT2D eigenvalue weighted by Gasteiger charge is 2.43. The largest absolute Gasteiger partial charge is 0.381 e. The maximum atomic E-state index is 6.23. The Balaban J connectivity index is 1.70. The number of unbranched alkanes of at least 4 members (excludes halogenated alkanes) is 1. The molecule has 0 saturated carbocycles. The summed E-state index contributed by atoms with van der Waals surface area (Å²) in [4.78, 5) is 0. The van der Waals surface area contributed by atoms with Gasteiger partial charge in [0.2, 0.25) is 0 Å². The van der Waals surface area contributed by atoms with Crippen molar-refractivity contribution in [3.05, 3.63) is 46.5 Å². The van der Waals surface area contributed by atoms with Gasteiger partial charge in [0.1, 0.15) is 0 Å². The minimum absolute atomic E-state index is 0.313. The summed E-state index contributed by atoms with van der Waals surface area (Å²) < 4.78 is 12.1. The first-order valence-electron chi connectivity index (χ1n) is 8.48. The van der Waals surface area contributed by atoms with E-state index in [0.717, 1.165) is 45.3 Å². The van der Waals surface area contributed by atoms with E-state index in [0.29, 0.717) is 34.1 Å². The highest BCUT2D eigenvalue weighted by atomic mass is 35.5. The van der Waals surface area contributed by atoms with Crippen LogP contribution in [0.4, 0.5) is 0 Å². The Morgan fingerprint density at radius 3 is 2.91 bits per heavy atom. The van der Waals surface area contributed by atoms with Crippen molar-refractivity contribution in [2.24, 2.45) is 5.92 Å². The van der Waals surface area contributed by atoms with Gasteiger partial charge in [-0.3, -0.25) is 0 Å². The van der Waals surface area contributed by atoms with E-state index in [1.165, 1.54) is 5.56 Å². The van der Waals surface area contributed by atoms with Crippen molar-refractivity contribution >= 4 is 23.2 Å². The molecule has 2 aliphatic heterocycles. The summed E-state index contributed by atoms with van der Waals surface area (Å²) in [5, 5.41) is 1.25. The normalized spacial score (nSPS) is 29.7. The molecule has 0 spiro atoms. The summed E-state index contributed by atoms with van der Waals surface area (Å²) in [5.74, 6) is 0.838. The second kappa shape index (κ2) is 8.02. The molecule has 0 radical (unpaired) electrons. The molecule has 3 rings (SSSR count). The summed E-state index contributed by atoms with van der Waals surface area (Å²) in [6.45, 7) is 5.28. The van der Waals surface area contributed by atoms with Gasteiger partial charge < -0.3 is 9.47 Å². The Morgan fingerprint density at radius 2 is 2.13 bits per heavy atom. The van der Waals surface area contributed by atoms with Crippen LogP contribution in [0.2, 0.25) is 10.0 Å². The lowest BCUT2D eigenvalue weighted by Crippen LogP contribution is -2.37. The van der Waals surface area contributed by atoms with E-state index in [1.807, 2.05) is 18.2 Å². The van der Waals surface area contributed by atoms with Gasteiger partial charge in [-0.25, -0.2) is 0 Å². The highest BCUT2D eigenvalue weighted by Crippen LogP contribution is 2.46. The van der Waals surface area contributed by atoms with Gasteiger partial charge in [-0.2, -0.15) is 0 Å². The number of fused-ring (bicyclic) bond motifs is 2. The lowest BCUT2D eigenvalue weighted by Gasteiger charge is -2.37. The third-order valence-corrected chi connectivity index (χ3v) is 5.77. The minimum atomic E-state index is 0.313. The fraction of sp³-hybridized carbons (Fsp3) is 0.579. The molecule has 2 bridgehead atoms. The molecule has 0 aliphatic carbocycles. The molecule has 4 heteroatoms. The predicted molar refractivity (Wildman–Crippen MR) is 95.5 cm³/mol. The van der Waals surface area contributed by atoms with Crippen molar-refractivity contribution in [1.29, 1.82) is 0 Å². The van der Waals surface area contributed by atoms with Crippen LogP contribution >= 0.6 is 23.2 Å². The smallest absolute Gasteiger partial charge is 0.0635 e. The molecule has 23 heavy (non-hydrogen) atoms.